The van der Waals surface area contributed by atoms with Crippen molar-refractivity contribution in [3.8, 4) is 17.2 Å². The molecule has 48 heavy (non-hydrogen) atoms. The molecular weight excluding hydrogens is 609 g/mol. The Morgan fingerprint density at radius 1 is 0.354 bits per heavy atom. The van der Waals surface area contributed by atoms with Crippen LogP contribution < -0.4 is 0 Å². The van der Waals surface area contributed by atoms with Gasteiger partial charge in [0.15, 0.2) is 0 Å². The molecule has 0 radical (unpaired) electrons. The molecule has 1 aliphatic rings. The highest BCUT2D eigenvalue weighted by atomic mass is 32.1. The Morgan fingerprint density at radius 2 is 0.521 bits per heavy atom. The van der Waals surface area contributed by atoms with Crippen LogP contribution in [0, 0.1) is 0 Å². The van der Waals surface area contributed by atoms with Crippen LogP contribution in [0.2, 0.25) is 0 Å². The van der Waals surface area contributed by atoms with Crippen LogP contribution in [-0.4, -0.2) is 15.3 Å². The predicted octanol–water partition coefficient (Wildman–Crippen LogP) is 11.0. The van der Waals surface area contributed by atoms with Gasteiger partial charge >= 0.3 is 0 Å². The molecule has 4 aromatic rings. The van der Waals surface area contributed by atoms with Gasteiger partial charge in [0.2, 0.25) is 0 Å². The molecule has 0 spiro atoms. The summed E-state index contributed by atoms with van der Waals surface area (Å²) in [5.41, 5.74) is 10.9. The fourth-order valence-electron chi connectivity index (χ4n) is 6.67. The van der Waals surface area contributed by atoms with Crippen molar-refractivity contribution in [1.82, 2.24) is 0 Å². The Kier molecular flexibility index (Phi) is 9.13. The summed E-state index contributed by atoms with van der Waals surface area (Å²) in [5, 5.41) is 35.8. The van der Waals surface area contributed by atoms with Crippen LogP contribution in [0.25, 0.3) is 0 Å². The van der Waals surface area contributed by atoms with Gasteiger partial charge in [-0.25, -0.2) is 0 Å². The molecule has 0 saturated carbocycles. The molecule has 3 N–H and O–H groups in total. The van der Waals surface area contributed by atoms with Gasteiger partial charge in [0.25, 0.3) is 0 Å². The van der Waals surface area contributed by atoms with Crippen LogP contribution >= 0.6 is 12.6 Å². The summed E-state index contributed by atoms with van der Waals surface area (Å²) in [6.07, 6.45) is 1.78. The molecular formula is C44H56O3S. The molecule has 0 amide bonds. The fraction of sp³-hybridized carbons (Fsp3) is 0.455. The maximum atomic E-state index is 12.0. The topological polar surface area (TPSA) is 60.7 Å². The molecule has 0 saturated heterocycles. The van der Waals surface area contributed by atoms with Crippen LogP contribution in [0.4, 0.5) is 0 Å². The lowest BCUT2D eigenvalue weighted by molar-refractivity contribution is 0.452. The number of phenols is 3. The van der Waals surface area contributed by atoms with Crippen LogP contribution in [0.15, 0.2) is 53.4 Å². The summed E-state index contributed by atoms with van der Waals surface area (Å²) in [5.74, 6) is 0.757. The van der Waals surface area contributed by atoms with Gasteiger partial charge in [-0.15, -0.1) is 12.6 Å². The summed E-state index contributed by atoms with van der Waals surface area (Å²) in [6, 6.07) is 17.1. The van der Waals surface area contributed by atoms with Crippen LogP contribution in [0.5, 0.6) is 17.2 Å². The monoisotopic (exact) mass is 664 g/mol. The van der Waals surface area contributed by atoms with Crippen LogP contribution in [-0.2, 0) is 47.3 Å². The molecule has 0 heterocycles. The summed E-state index contributed by atoms with van der Waals surface area (Å²) in [4.78, 5) is 0.886. The van der Waals surface area contributed by atoms with Crippen molar-refractivity contribution in [2.24, 2.45) is 0 Å². The SMILES string of the molecule is CC(C)(C)c1cc2c(O)c(c1)Cc1cc(C(C)(C)C)cc(c1O)Cc1cc(C(C)(C)C)cc(c1S)Cc1cc(C(C)(C)C)cc(c1O)C2. The second kappa shape index (κ2) is 12.2. The normalized spacial score (nSPS) is 14.3. The highest BCUT2D eigenvalue weighted by Crippen LogP contribution is 2.42. The molecule has 4 aromatic carbocycles. The van der Waals surface area contributed by atoms with Crippen LogP contribution in [0.3, 0.4) is 0 Å². The van der Waals surface area contributed by atoms with E-state index < -0.39 is 0 Å². The van der Waals surface area contributed by atoms with Crippen molar-refractivity contribution in [2.45, 2.75) is 135 Å². The number of hydrogen-bond acceptors (Lipinski definition) is 4. The minimum atomic E-state index is -0.171. The van der Waals surface area contributed by atoms with E-state index in [-0.39, 0.29) is 38.9 Å². The Hall–Kier alpha value is -3.37. The quantitative estimate of drug-likeness (QED) is 0.125. The molecule has 256 valence electrons. The second-order valence-electron chi connectivity index (χ2n) is 18.3. The first kappa shape index (κ1) is 35.9. The molecule has 0 aromatic heterocycles. The third-order valence-corrected chi connectivity index (χ3v) is 10.6. The predicted molar refractivity (Wildman–Crippen MR) is 204 cm³/mol. The lowest BCUT2D eigenvalue weighted by Crippen LogP contribution is -2.15. The Balaban J connectivity index is 1.89. The van der Waals surface area contributed by atoms with E-state index in [1.165, 1.54) is 5.56 Å². The smallest absolute Gasteiger partial charge is 0.122 e. The minimum Gasteiger partial charge on any atom is -0.507 e. The molecule has 1 aliphatic carbocycles. The van der Waals surface area contributed by atoms with Crippen molar-refractivity contribution in [3.05, 3.63) is 115 Å². The highest BCUT2D eigenvalue weighted by molar-refractivity contribution is 7.80. The Morgan fingerprint density at radius 3 is 0.708 bits per heavy atom. The minimum absolute atomic E-state index is 0.113. The maximum absolute atomic E-state index is 12.0. The number of benzene rings is 4. The third kappa shape index (κ3) is 7.30. The molecule has 0 unspecified atom stereocenters. The standard InChI is InChI=1S/C44H56O3S/c1-41(2,3)33-17-25-13-27-19-34(42(4,5)6)21-29(38(27)46)15-31-23-36(44(10,11)12)24-32(40(31)48)16-30-22-35(43(7,8)9)20-28(39(30)47)14-26(18-33)37(25)45/h17-24,45-48H,13-16H2,1-12H3. The highest BCUT2D eigenvalue weighted by Gasteiger charge is 2.27. The zero-order valence-electron chi connectivity index (χ0n) is 31.2. The number of aromatic hydroxyl groups is 3. The van der Waals surface area contributed by atoms with Gasteiger partial charge in [-0.2, -0.15) is 0 Å². The summed E-state index contributed by atoms with van der Waals surface area (Å²) >= 11 is 5.16. The summed E-state index contributed by atoms with van der Waals surface area (Å²) < 4.78 is 0. The largest absolute Gasteiger partial charge is 0.507 e. The Labute approximate surface area is 294 Å². The first-order valence-electron chi connectivity index (χ1n) is 17.3. The second-order valence-corrected chi connectivity index (χ2v) is 18.7. The average molecular weight is 665 g/mol. The van der Waals surface area contributed by atoms with Gasteiger partial charge in [0.05, 0.1) is 0 Å². The number of phenolic OH excluding ortho intramolecular Hbond substituents is 3. The van der Waals surface area contributed by atoms with E-state index in [9.17, 15) is 15.3 Å². The number of hydrogen-bond donors (Lipinski definition) is 4. The lowest BCUT2D eigenvalue weighted by Gasteiger charge is -2.27. The van der Waals surface area contributed by atoms with Gasteiger partial charge in [0.1, 0.15) is 17.2 Å². The molecule has 8 bridgehead atoms. The average Bonchev–Trinajstić information content (AvgIpc) is 2.93. The van der Waals surface area contributed by atoms with E-state index in [4.69, 9.17) is 12.6 Å². The zero-order chi connectivity index (χ0) is 35.7. The van der Waals surface area contributed by atoms with Gasteiger partial charge in [0, 0.05) is 30.6 Å². The van der Waals surface area contributed by atoms with Crippen molar-refractivity contribution in [3.63, 3.8) is 0 Å². The first-order valence-corrected chi connectivity index (χ1v) is 17.8. The van der Waals surface area contributed by atoms with Crippen molar-refractivity contribution < 1.29 is 15.3 Å². The number of thiol groups is 1. The van der Waals surface area contributed by atoms with Gasteiger partial charge in [-0.3, -0.25) is 0 Å². The fourth-order valence-corrected chi connectivity index (χ4v) is 6.96. The van der Waals surface area contributed by atoms with Crippen molar-refractivity contribution >= 4 is 12.6 Å². The van der Waals surface area contributed by atoms with E-state index in [1.54, 1.807) is 0 Å². The van der Waals surface area contributed by atoms with E-state index >= 15 is 0 Å². The molecule has 0 fully saturated rings. The number of rotatable bonds is 0. The lowest BCUT2D eigenvalue weighted by atomic mass is 9.79. The van der Waals surface area contributed by atoms with E-state index in [2.05, 4.69) is 132 Å². The third-order valence-electron chi connectivity index (χ3n) is 10.1. The first-order chi connectivity index (χ1) is 21.9. The molecule has 0 aliphatic heterocycles. The van der Waals surface area contributed by atoms with Crippen molar-refractivity contribution in [1.29, 1.82) is 0 Å². The molecule has 3 nitrogen and oxygen atoms in total. The van der Waals surface area contributed by atoms with Crippen molar-refractivity contribution in [2.75, 3.05) is 0 Å². The molecule has 0 atom stereocenters. The zero-order valence-corrected chi connectivity index (χ0v) is 32.1. The van der Waals surface area contributed by atoms with E-state index in [1.807, 2.05) is 0 Å². The van der Waals surface area contributed by atoms with Gasteiger partial charge in [-0.1, -0.05) is 132 Å². The number of fused-ring (bicyclic) bond motifs is 8. The molecule has 5 rings (SSSR count). The van der Waals surface area contributed by atoms with Crippen LogP contribution in [0.1, 0.15) is 150 Å². The van der Waals surface area contributed by atoms with Gasteiger partial charge in [-0.05, 0) is 88.4 Å². The molecule has 4 heteroatoms. The Bertz CT molecular complexity index is 1510. The van der Waals surface area contributed by atoms with E-state index in [0.717, 1.165) is 66.1 Å². The summed E-state index contributed by atoms with van der Waals surface area (Å²) in [6.45, 7) is 26.4. The van der Waals surface area contributed by atoms with E-state index in [0.29, 0.717) is 25.7 Å². The summed E-state index contributed by atoms with van der Waals surface area (Å²) in [7, 11) is 0. The van der Waals surface area contributed by atoms with Gasteiger partial charge < -0.3 is 15.3 Å². The maximum Gasteiger partial charge on any atom is 0.122 e.